The third kappa shape index (κ3) is 2.51. The van der Waals surface area contributed by atoms with Crippen LogP contribution < -0.4 is 11.1 Å². The largest absolute Gasteiger partial charge is 0.382 e. The first-order valence-corrected chi connectivity index (χ1v) is 5.43. The Labute approximate surface area is 95.6 Å². The van der Waals surface area contributed by atoms with Gasteiger partial charge in [-0.05, 0) is 0 Å². The molecule has 2 aromatic rings. The van der Waals surface area contributed by atoms with Gasteiger partial charge in [0.2, 0.25) is 0 Å². The number of nitrogens with one attached hydrogen (secondary N) is 1. The zero-order valence-electron chi connectivity index (χ0n) is 8.25. The van der Waals surface area contributed by atoms with Gasteiger partial charge in [-0.2, -0.15) is 0 Å². The first kappa shape index (κ1) is 10.5. The number of anilines is 1. The summed E-state index contributed by atoms with van der Waals surface area (Å²) >= 11 is 1.48. The number of nitrogens with zero attached hydrogens (tertiary/aromatic N) is 3. The van der Waals surface area contributed by atoms with Gasteiger partial charge in [0.15, 0.2) is 0 Å². The molecule has 6 nitrogen and oxygen atoms in total. The SMILES string of the molecule is Nc1cnc(C(=O)NCc2cscn2)cn1. The number of nitrogens with two attached hydrogens (primary N) is 1. The molecule has 0 radical (unpaired) electrons. The van der Waals surface area contributed by atoms with Crippen LogP contribution in [0.4, 0.5) is 5.82 Å². The molecule has 2 aromatic heterocycles. The van der Waals surface area contributed by atoms with Gasteiger partial charge < -0.3 is 11.1 Å². The van der Waals surface area contributed by atoms with Crippen LogP contribution in [0.3, 0.4) is 0 Å². The molecule has 0 atom stereocenters. The molecule has 0 saturated heterocycles. The molecule has 82 valence electrons. The summed E-state index contributed by atoms with van der Waals surface area (Å²) in [7, 11) is 0. The summed E-state index contributed by atoms with van der Waals surface area (Å²) in [5, 5.41) is 4.55. The molecule has 2 heterocycles. The number of nitrogen functional groups attached to an aromatic ring is 1. The van der Waals surface area contributed by atoms with Crippen molar-refractivity contribution >= 4 is 23.1 Å². The highest BCUT2D eigenvalue weighted by atomic mass is 32.1. The molecule has 3 N–H and O–H groups in total. The predicted molar refractivity (Wildman–Crippen MR) is 59.7 cm³/mol. The van der Waals surface area contributed by atoms with Gasteiger partial charge in [0, 0.05) is 5.38 Å². The maximum atomic E-state index is 11.6. The van der Waals surface area contributed by atoms with Crippen LogP contribution in [0, 0.1) is 0 Å². The van der Waals surface area contributed by atoms with E-state index in [-0.39, 0.29) is 17.4 Å². The number of hydrogen-bond donors (Lipinski definition) is 2. The lowest BCUT2D eigenvalue weighted by Gasteiger charge is -2.01. The third-order valence-electron chi connectivity index (χ3n) is 1.82. The summed E-state index contributed by atoms with van der Waals surface area (Å²) < 4.78 is 0. The first-order chi connectivity index (χ1) is 7.75. The molecule has 0 aromatic carbocycles. The first-order valence-electron chi connectivity index (χ1n) is 4.48. The van der Waals surface area contributed by atoms with Crippen LogP contribution in [-0.4, -0.2) is 20.9 Å². The van der Waals surface area contributed by atoms with Crippen molar-refractivity contribution in [2.24, 2.45) is 0 Å². The minimum Gasteiger partial charge on any atom is -0.382 e. The van der Waals surface area contributed by atoms with Crippen molar-refractivity contribution < 1.29 is 4.79 Å². The number of hydrogen-bond acceptors (Lipinski definition) is 6. The molecule has 7 heteroatoms. The van der Waals surface area contributed by atoms with Crippen molar-refractivity contribution in [2.75, 3.05) is 5.73 Å². The molecule has 0 spiro atoms. The molecule has 0 bridgehead atoms. The van der Waals surface area contributed by atoms with E-state index in [1.807, 2.05) is 5.38 Å². The van der Waals surface area contributed by atoms with Gasteiger partial charge in [-0.1, -0.05) is 0 Å². The smallest absolute Gasteiger partial charge is 0.271 e. The molecule has 1 amide bonds. The molecule has 0 aliphatic rings. The van der Waals surface area contributed by atoms with Crippen molar-refractivity contribution in [3.63, 3.8) is 0 Å². The molecule has 16 heavy (non-hydrogen) atoms. The number of carbonyl (C=O) groups excluding carboxylic acids is 1. The topological polar surface area (TPSA) is 93.8 Å². The highest BCUT2D eigenvalue weighted by Gasteiger charge is 2.07. The molecule has 2 rings (SSSR count). The van der Waals surface area contributed by atoms with Crippen LogP contribution in [0.2, 0.25) is 0 Å². The van der Waals surface area contributed by atoms with E-state index < -0.39 is 0 Å². The summed E-state index contributed by atoms with van der Waals surface area (Å²) in [4.78, 5) is 23.3. The lowest BCUT2D eigenvalue weighted by Crippen LogP contribution is -2.24. The van der Waals surface area contributed by atoms with E-state index >= 15 is 0 Å². The summed E-state index contributed by atoms with van der Waals surface area (Å²) in [6.45, 7) is 0.383. The van der Waals surface area contributed by atoms with Gasteiger partial charge in [-0.25, -0.2) is 15.0 Å². The highest BCUT2D eigenvalue weighted by molar-refractivity contribution is 7.07. The van der Waals surface area contributed by atoms with E-state index in [1.165, 1.54) is 23.7 Å². The standard InChI is InChI=1S/C9H9N5OS/c10-8-3-11-7(2-12-8)9(15)13-1-6-4-16-5-14-6/h2-5H,1H2,(H2,10,12)(H,13,15). The molecular formula is C9H9N5OS. The van der Waals surface area contributed by atoms with Crippen LogP contribution in [0.5, 0.6) is 0 Å². The second kappa shape index (κ2) is 4.67. The summed E-state index contributed by atoms with van der Waals surface area (Å²) in [5.74, 6) is -0.00319. The van der Waals surface area contributed by atoms with Crippen LogP contribution in [0.1, 0.15) is 16.2 Å². The maximum absolute atomic E-state index is 11.6. The van der Waals surface area contributed by atoms with E-state index in [2.05, 4.69) is 20.3 Å². The zero-order chi connectivity index (χ0) is 11.4. The van der Waals surface area contributed by atoms with E-state index in [1.54, 1.807) is 5.51 Å². The van der Waals surface area contributed by atoms with E-state index in [0.29, 0.717) is 6.54 Å². The lowest BCUT2D eigenvalue weighted by molar-refractivity contribution is 0.0945. The Balaban J connectivity index is 1.95. The normalized spacial score (nSPS) is 10.0. The van der Waals surface area contributed by atoms with Gasteiger partial charge in [0.25, 0.3) is 5.91 Å². The Hall–Kier alpha value is -2.02. The van der Waals surface area contributed by atoms with Gasteiger partial charge >= 0.3 is 0 Å². The Morgan fingerprint density at radius 2 is 2.25 bits per heavy atom. The van der Waals surface area contributed by atoms with Crippen molar-refractivity contribution in [3.8, 4) is 0 Å². The highest BCUT2D eigenvalue weighted by Crippen LogP contribution is 2.01. The fraction of sp³-hybridized carbons (Fsp3) is 0.111. The second-order valence-corrected chi connectivity index (χ2v) is 3.71. The minimum absolute atomic E-state index is 0.240. The molecule has 0 saturated carbocycles. The Morgan fingerprint density at radius 3 is 2.88 bits per heavy atom. The minimum atomic E-state index is -0.291. The quantitative estimate of drug-likeness (QED) is 0.805. The number of thiazole rings is 1. The van der Waals surface area contributed by atoms with Crippen LogP contribution in [0.15, 0.2) is 23.3 Å². The second-order valence-electron chi connectivity index (χ2n) is 2.99. The monoisotopic (exact) mass is 235 g/mol. The van der Waals surface area contributed by atoms with Crippen molar-refractivity contribution in [1.29, 1.82) is 0 Å². The van der Waals surface area contributed by atoms with E-state index in [9.17, 15) is 4.79 Å². The van der Waals surface area contributed by atoms with Crippen LogP contribution >= 0.6 is 11.3 Å². The van der Waals surface area contributed by atoms with Gasteiger partial charge in [-0.3, -0.25) is 4.79 Å². The summed E-state index contributed by atoms with van der Waals surface area (Å²) in [5.41, 5.74) is 8.14. The molecule has 0 aliphatic carbocycles. The number of rotatable bonds is 3. The van der Waals surface area contributed by atoms with Crippen LogP contribution in [0.25, 0.3) is 0 Å². The maximum Gasteiger partial charge on any atom is 0.271 e. The van der Waals surface area contributed by atoms with Crippen LogP contribution in [-0.2, 0) is 6.54 Å². The zero-order valence-corrected chi connectivity index (χ0v) is 9.07. The predicted octanol–water partition coefficient (Wildman–Crippen LogP) is 0.445. The average molecular weight is 235 g/mol. The Kier molecular flexibility index (Phi) is 3.06. The fourth-order valence-corrected chi connectivity index (χ4v) is 1.60. The molecule has 0 fully saturated rings. The van der Waals surface area contributed by atoms with E-state index in [0.717, 1.165) is 5.69 Å². The van der Waals surface area contributed by atoms with Gasteiger partial charge in [0.05, 0.1) is 30.1 Å². The van der Waals surface area contributed by atoms with Gasteiger partial charge in [0.1, 0.15) is 11.5 Å². The molecule has 0 aliphatic heterocycles. The van der Waals surface area contributed by atoms with Gasteiger partial charge in [-0.15, -0.1) is 11.3 Å². The number of aromatic nitrogens is 3. The van der Waals surface area contributed by atoms with Crippen molar-refractivity contribution in [1.82, 2.24) is 20.3 Å². The Morgan fingerprint density at radius 1 is 1.38 bits per heavy atom. The Bertz CT molecular complexity index is 467. The fourth-order valence-electron chi connectivity index (χ4n) is 1.04. The van der Waals surface area contributed by atoms with Crippen molar-refractivity contribution in [3.05, 3.63) is 34.7 Å². The lowest BCUT2D eigenvalue weighted by atomic mass is 10.4. The summed E-state index contributed by atoms with van der Waals surface area (Å²) in [6, 6.07) is 0. The van der Waals surface area contributed by atoms with E-state index in [4.69, 9.17) is 5.73 Å². The number of amides is 1. The average Bonchev–Trinajstić information content (AvgIpc) is 2.80. The molecular weight excluding hydrogens is 226 g/mol. The third-order valence-corrected chi connectivity index (χ3v) is 2.45. The summed E-state index contributed by atoms with van der Waals surface area (Å²) in [6.07, 6.45) is 2.68. The van der Waals surface area contributed by atoms with Crippen molar-refractivity contribution in [2.45, 2.75) is 6.54 Å². The molecule has 0 unspecified atom stereocenters. The number of carbonyl (C=O) groups is 1.